The first-order valence-corrected chi connectivity index (χ1v) is 9.30. The van der Waals surface area contributed by atoms with Crippen LogP contribution in [0.25, 0.3) is 0 Å². The van der Waals surface area contributed by atoms with Crippen LogP contribution in [0, 0.1) is 11.8 Å². The molecule has 144 valence electrons. The van der Waals surface area contributed by atoms with E-state index in [0.29, 0.717) is 6.42 Å². The molecule has 8 heteroatoms. The van der Waals surface area contributed by atoms with Crippen molar-refractivity contribution in [1.82, 2.24) is 4.72 Å². The third-order valence-electron chi connectivity index (χ3n) is 3.55. The summed E-state index contributed by atoms with van der Waals surface area (Å²) in [6.07, 6.45) is -4.58. The zero-order chi connectivity index (χ0) is 19.3. The summed E-state index contributed by atoms with van der Waals surface area (Å²) in [7, 11) is -1.96. The van der Waals surface area contributed by atoms with Gasteiger partial charge in [0.25, 0.3) is 0 Å². The quantitative estimate of drug-likeness (QED) is 0.655. The number of nitrogens with one attached hydrogen (secondary N) is 1. The van der Waals surface area contributed by atoms with Crippen molar-refractivity contribution >= 4 is 17.0 Å². The van der Waals surface area contributed by atoms with Crippen molar-refractivity contribution in [2.75, 3.05) is 0 Å². The summed E-state index contributed by atoms with van der Waals surface area (Å²) in [4.78, 5) is 12.3. The smallest absolute Gasteiger partial charge is 0.405 e. The lowest BCUT2D eigenvalue weighted by molar-refractivity contribution is -0.182. The Kier molecular flexibility index (Phi) is 8.93. The molecule has 0 bridgehead atoms. The largest absolute Gasteiger partial charge is 0.463 e. The van der Waals surface area contributed by atoms with Crippen LogP contribution in [0.5, 0.6) is 0 Å². The Balaban J connectivity index is 5.64. The van der Waals surface area contributed by atoms with Crippen molar-refractivity contribution in [3.8, 4) is 0 Å². The van der Waals surface area contributed by atoms with Gasteiger partial charge in [-0.15, -0.1) is 0 Å². The summed E-state index contributed by atoms with van der Waals surface area (Å²) in [5.74, 6) is -2.44. The highest BCUT2D eigenvalue weighted by Crippen LogP contribution is 2.32. The van der Waals surface area contributed by atoms with E-state index < -0.39 is 45.9 Å². The van der Waals surface area contributed by atoms with Gasteiger partial charge >= 0.3 is 12.1 Å². The minimum atomic E-state index is -4.71. The predicted octanol–water partition coefficient (Wildman–Crippen LogP) is 3.97. The lowest BCUT2D eigenvalue weighted by atomic mass is 9.88. The number of carbonyl (C=O) groups excluding carboxylic acids is 1. The number of ether oxygens (including phenoxy) is 1. The number of halogens is 3. The molecule has 0 rings (SSSR count). The van der Waals surface area contributed by atoms with Gasteiger partial charge < -0.3 is 4.74 Å². The van der Waals surface area contributed by atoms with E-state index in [1.165, 1.54) is 0 Å². The number of rotatable bonds is 8. The highest BCUT2D eigenvalue weighted by atomic mass is 32.2. The summed E-state index contributed by atoms with van der Waals surface area (Å²) in [5, 5.41) is 0. The van der Waals surface area contributed by atoms with Crippen LogP contribution in [0.15, 0.2) is 0 Å². The van der Waals surface area contributed by atoms with Crippen molar-refractivity contribution in [2.45, 2.75) is 84.4 Å². The predicted molar refractivity (Wildman–Crippen MR) is 89.7 cm³/mol. The van der Waals surface area contributed by atoms with Crippen LogP contribution in [0.2, 0.25) is 0 Å². The number of esters is 1. The van der Waals surface area contributed by atoms with E-state index in [1.807, 2.05) is 6.92 Å². The Morgan fingerprint density at radius 1 is 1.17 bits per heavy atom. The first-order chi connectivity index (χ1) is 10.7. The molecule has 0 fully saturated rings. The van der Waals surface area contributed by atoms with Crippen molar-refractivity contribution in [2.24, 2.45) is 11.8 Å². The van der Waals surface area contributed by atoms with Gasteiger partial charge in [0.1, 0.15) is 6.04 Å². The number of hydrogen-bond acceptors (Lipinski definition) is 3. The highest BCUT2D eigenvalue weighted by Gasteiger charge is 2.50. The van der Waals surface area contributed by atoms with Gasteiger partial charge in [-0.2, -0.15) is 13.2 Å². The van der Waals surface area contributed by atoms with Crippen LogP contribution in [0.4, 0.5) is 13.2 Å². The molecule has 0 saturated heterocycles. The van der Waals surface area contributed by atoms with Gasteiger partial charge in [0, 0.05) is 0 Å². The van der Waals surface area contributed by atoms with Crippen LogP contribution < -0.4 is 4.72 Å². The van der Waals surface area contributed by atoms with E-state index in [9.17, 15) is 22.2 Å². The Morgan fingerprint density at radius 3 is 2.00 bits per heavy atom. The van der Waals surface area contributed by atoms with Gasteiger partial charge in [0.2, 0.25) is 0 Å². The molecule has 4 nitrogen and oxygen atoms in total. The number of carbonyl (C=O) groups is 1. The Morgan fingerprint density at radius 2 is 1.67 bits per heavy atom. The van der Waals surface area contributed by atoms with Crippen LogP contribution in [-0.2, 0) is 20.5 Å². The maximum absolute atomic E-state index is 13.6. The maximum atomic E-state index is 13.6. The maximum Gasteiger partial charge on any atom is 0.405 e. The molecule has 0 aromatic rings. The molecule has 0 aliphatic heterocycles. The average molecular weight is 373 g/mol. The molecular weight excluding hydrogens is 343 g/mol. The van der Waals surface area contributed by atoms with E-state index in [0.717, 1.165) is 0 Å². The summed E-state index contributed by atoms with van der Waals surface area (Å²) < 4.78 is 59.1. The SMILES string of the molecule is CCC(C)C[C@H](C(=O)OC(C)C)[C@H](N[S@@](=O)C(C)(C)C)C(F)(F)F. The van der Waals surface area contributed by atoms with Gasteiger partial charge in [-0.3, -0.25) is 4.79 Å². The lowest BCUT2D eigenvalue weighted by Crippen LogP contribution is -2.54. The van der Waals surface area contributed by atoms with Crippen LogP contribution in [0.1, 0.15) is 61.3 Å². The van der Waals surface area contributed by atoms with Crippen LogP contribution in [-0.4, -0.2) is 33.2 Å². The fourth-order valence-electron chi connectivity index (χ4n) is 1.96. The third-order valence-corrected chi connectivity index (χ3v) is 5.13. The molecule has 0 aromatic heterocycles. The zero-order valence-electron chi connectivity index (χ0n) is 15.5. The van der Waals surface area contributed by atoms with E-state index >= 15 is 0 Å². The summed E-state index contributed by atoms with van der Waals surface area (Å²) in [6, 6.07) is -2.21. The summed E-state index contributed by atoms with van der Waals surface area (Å²) in [5.41, 5.74) is 0. The van der Waals surface area contributed by atoms with E-state index in [-0.39, 0.29) is 12.3 Å². The van der Waals surface area contributed by atoms with Gasteiger partial charge in [-0.1, -0.05) is 20.3 Å². The monoisotopic (exact) mass is 373 g/mol. The second-order valence-corrected chi connectivity index (χ2v) is 9.36. The Labute approximate surface area is 145 Å². The summed E-state index contributed by atoms with van der Waals surface area (Å²) in [6.45, 7) is 11.5. The van der Waals surface area contributed by atoms with Gasteiger partial charge in [-0.05, 0) is 47.0 Å². The fourth-order valence-corrected chi connectivity index (χ4v) is 2.84. The van der Waals surface area contributed by atoms with E-state index in [4.69, 9.17) is 4.74 Å². The second kappa shape index (κ2) is 9.17. The Hall–Kier alpha value is -0.630. The molecular formula is C16H30F3NO3S. The molecule has 0 aromatic carbocycles. The van der Waals surface area contributed by atoms with Gasteiger partial charge in [0.05, 0.1) is 27.8 Å². The third kappa shape index (κ3) is 7.96. The first kappa shape index (κ1) is 23.4. The van der Waals surface area contributed by atoms with E-state index in [1.54, 1.807) is 41.5 Å². The molecule has 0 saturated carbocycles. The fraction of sp³-hybridized carbons (Fsp3) is 0.938. The van der Waals surface area contributed by atoms with Gasteiger partial charge in [0.15, 0.2) is 0 Å². The number of hydrogen-bond donors (Lipinski definition) is 1. The highest BCUT2D eigenvalue weighted by molar-refractivity contribution is 7.84. The zero-order valence-corrected chi connectivity index (χ0v) is 16.3. The minimum absolute atomic E-state index is 0.0145. The molecule has 0 spiro atoms. The topological polar surface area (TPSA) is 55.4 Å². The standard InChI is InChI=1S/C16H30F3NO3S/c1-8-11(4)9-12(14(21)23-10(2)3)13(16(17,18)19)20-24(22)15(5,6)7/h10-13,20H,8-9H2,1-7H3/t11?,12-,13-,24-/m0/s1. The van der Waals surface area contributed by atoms with Gasteiger partial charge in [-0.25, -0.2) is 8.93 Å². The first-order valence-electron chi connectivity index (χ1n) is 8.15. The average Bonchev–Trinajstić information content (AvgIpc) is 2.38. The van der Waals surface area contributed by atoms with Crippen molar-refractivity contribution in [3.63, 3.8) is 0 Å². The molecule has 1 N–H and O–H groups in total. The van der Waals surface area contributed by atoms with Crippen molar-refractivity contribution in [1.29, 1.82) is 0 Å². The lowest BCUT2D eigenvalue weighted by Gasteiger charge is -2.32. The summed E-state index contributed by atoms with van der Waals surface area (Å²) >= 11 is 0. The molecule has 0 aliphatic carbocycles. The Bertz CT molecular complexity index is 433. The van der Waals surface area contributed by atoms with Crippen molar-refractivity contribution < 1.29 is 26.9 Å². The molecule has 1 unspecified atom stereocenters. The molecule has 0 heterocycles. The molecule has 0 aliphatic rings. The van der Waals surface area contributed by atoms with Crippen LogP contribution >= 0.6 is 0 Å². The van der Waals surface area contributed by atoms with Crippen LogP contribution in [0.3, 0.4) is 0 Å². The second-order valence-electron chi connectivity index (χ2n) is 7.36. The normalized spacial score (nSPS) is 18.1. The molecule has 24 heavy (non-hydrogen) atoms. The molecule has 0 amide bonds. The number of alkyl halides is 3. The molecule has 4 atom stereocenters. The molecule has 0 radical (unpaired) electrons. The van der Waals surface area contributed by atoms with Crippen molar-refractivity contribution in [3.05, 3.63) is 0 Å². The minimum Gasteiger partial charge on any atom is -0.463 e. The van der Waals surface area contributed by atoms with E-state index in [2.05, 4.69) is 4.72 Å².